The van der Waals surface area contributed by atoms with Crippen LogP contribution in [0.5, 0.6) is 5.75 Å². The molecule has 0 saturated carbocycles. The minimum Gasteiger partial charge on any atom is -0.508 e. The maximum Gasteiger partial charge on any atom is 0.318 e. The van der Waals surface area contributed by atoms with Gasteiger partial charge in [-0.3, -0.25) is 0 Å². The van der Waals surface area contributed by atoms with E-state index in [0.717, 1.165) is 16.9 Å². The zero-order valence-corrected chi connectivity index (χ0v) is 11.2. The van der Waals surface area contributed by atoms with Crippen molar-refractivity contribution in [2.75, 3.05) is 17.7 Å². The second kappa shape index (κ2) is 6.47. The third kappa shape index (κ3) is 3.91. The number of nitrogens with one attached hydrogen (secondary N) is 3. The summed E-state index contributed by atoms with van der Waals surface area (Å²) in [6, 6.07) is 14.3. The average Bonchev–Trinajstić information content (AvgIpc) is 2.48. The molecule has 0 aliphatic heterocycles. The summed E-state index contributed by atoms with van der Waals surface area (Å²) in [5.41, 5.74) is 2.77. The molecule has 0 aliphatic rings. The van der Waals surface area contributed by atoms with Crippen LogP contribution in [0.3, 0.4) is 0 Å². The molecule has 0 radical (unpaired) electrons. The van der Waals surface area contributed by atoms with Crippen LogP contribution in [0, 0.1) is 0 Å². The first kappa shape index (κ1) is 13.7. The van der Waals surface area contributed by atoms with E-state index in [4.69, 9.17) is 0 Å². The van der Waals surface area contributed by atoms with Crippen molar-refractivity contribution in [1.82, 2.24) is 5.32 Å². The maximum absolute atomic E-state index is 11.1. The first-order chi connectivity index (χ1) is 9.67. The molecule has 0 heterocycles. The van der Waals surface area contributed by atoms with Crippen molar-refractivity contribution in [1.29, 1.82) is 0 Å². The highest BCUT2D eigenvalue weighted by Crippen LogP contribution is 2.15. The predicted octanol–water partition coefficient (Wildman–Crippen LogP) is 2.76. The van der Waals surface area contributed by atoms with Crippen LogP contribution in [0.2, 0.25) is 0 Å². The smallest absolute Gasteiger partial charge is 0.318 e. The van der Waals surface area contributed by atoms with Gasteiger partial charge in [-0.05, 0) is 42.0 Å². The lowest BCUT2D eigenvalue weighted by Gasteiger charge is -2.08. The molecule has 2 amide bonds. The molecule has 0 atom stereocenters. The van der Waals surface area contributed by atoms with Gasteiger partial charge in [0.25, 0.3) is 0 Å². The Morgan fingerprint density at radius 1 is 1.00 bits per heavy atom. The number of phenolic OH excluding ortho intramolecular Hbond substituents is 1. The van der Waals surface area contributed by atoms with Gasteiger partial charge < -0.3 is 21.1 Å². The number of urea groups is 1. The number of anilines is 2. The van der Waals surface area contributed by atoms with Crippen LogP contribution in [0.4, 0.5) is 16.2 Å². The summed E-state index contributed by atoms with van der Waals surface area (Å²) >= 11 is 0. The zero-order chi connectivity index (χ0) is 14.4. The topological polar surface area (TPSA) is 73.4 Å². The lowest BCUT2D eigenvalue weighted by atomic mass is 10.2. The van der Waals surface area contributed by atoms with Crippen LogP contribution in [0.1, 0.15) is 5.56 Å². The quantitative estimate of drug-likeness (QED) is 0.691. The monoisotopic (exact) mass is 271 g/mol. The molecule has 0 unspecified atom stereocenters. The molecule has 4 N–H and O–H groups in total. The Kier molecular flexibility index (Phi) is 4.44. The van der Waals surface area contributed by atoms with Gasteiger partial charge in [-0.1, -0.05) is 12.1 Å². The molecular formula is C15H17N3O2. The van der Waals surface area contributed by atoms with Crippen LogP contribution in [0.15, 0.2) is 48.5 Å². The Morgan fingerprint density at radius 3 is 2.20 bits per heavy atom. The molecule has 104 valence electrons. The molecular weight excluding hydrogens is 254 g/mol. The lowest BCUT2D eigenvalue weighted by molar-refractivity contribution is 0.254. The number of rotatable bonds is 4. The van der Waals surface area contributed by atoms with Crippen molar-refractivity contribution in [3.8, 4) is 5.75 Å². The van der Waals surface area contributed by atoms with Crippen LogP contribution >= 0.6 is 0 Å². The van der Waals surface area contributed by atoms with Crippen molar-refractivity contribution in [3.63, 3.8) is 0 Å². The van der Waals surface area contributed by atoms with E-state index in [2.05, 4.69) is 16.0 Å². The van der Waals surface area contributed by atoms with Crippen molar-refractivity contribution in [2.45, 2.75) is 6.54 Å². The highest BCUT2D eigenvalue weighted by molar-refractivity contribution is 5.89. The van der Waals surface area contributed by atoms with Crippen molar-refractivity contribution < 1.29 is 9.90 Å². The number of phenols is 1. The van der Waals surface area contributed by atoms with Gasteiger partial charge in [-0.25, -0.2) is 4.79 Å². The Bertz CT molecular complexity index is 565. The Labute approximate surface area is 117 Å². The van der Waals surface area contributed by atoms with Crippen LogP contribution in [0.25, 0.3) is 0 Å². The van der Waals surface area contributed by atoms with E-state index in [1.807, 2.05) is 36.4 Å². The largest absolute Gasteiger partial charge is 0.508 e. The minimum atomic E-state index is -0.241. The van der Waals surface area contributed by atoms with E-state index < -0.39 is 0 Å². The zero-order valence-electron chi connectivity index (χ0n) is 11.2. The summed E-state index contributed by atoms with van der Waals surface area (Å²) in [4.78, 5) is 11.1. The molecule has 2 aromatic rings. The normalized spacial score (nSPS) is 9.85. The second-order valence-corrected chi connectivity index (χ2v) is 4.30. The number of carbonyl (C=O) groups excluding carboxylic acids is 1. The fourth-order valence-electron chi connectivity index (χ4n) is 1.68. The second-order valence-electron chi connectivity index (χ2n) is 4.30. The molecule has 5 nitrogen and oxygen atoms in total. The van der Waals surface area contributed by atoms with E-state index in [1.165, 1.54) is 0 Å². The predicted molar refractivity (Wildman–Crippen MR) is 80.0 cm³/mol. The van der Waals surface area contributed by atoms with Gasteiger partial charge >= 0.3 is 6.03 Å². The van der Waals surface area contributed by atoms with Crippen molar-refractivity contribution in [3.05, 3.63) is 54.1 Å². The van der Waals surface area contributed by atoms with Crippen LogP contribution < -0.4 is 16.0 Å². The van der Waals surface area contributed by atoms with Crippen LogP contribution in [-0.2, 0) is 6.54 Å². The van der Waals surface area contributed by atoms with E-state index in [0.29, 0.717) is 6.54 Å². The van der Waals surface area contributed by atoms with E-state index in [-0.39, 0.29) is 11.8 Å². The first-order valence-corrected chi connectivity index (χ1v) is 6.28. The highest BCUT2D eigenvalue weighted by Gasteiger charge is 1.99. The van der Waals surface area contributed by atoms with Gasteiger partial charge in [0.2, 0.25) is 0 Å². The van der Waals surface area contributed by atoms with Gasteiger partial charge in [0, 0.05) is 25.0 Å². The molecule has 0 spiro atoms. The fraction of sp³-hybridized carbons (Fsp3) is 0.133. The number of carbonyl (C=O) groups is 1. The molecule has 20 heavy (non-hydrogen) atoms. The first-order valence-electron chi connectivity index (χ1n) is 6.28. The Morgan fingerprint density at radius 2 is 1.60 bits per heavy atom. The standard InChI is InChI=1S/C15H17N3O2/c1-16-15(20)18-13-6-4-12(5-7-13)17-10-11-2-8-14(19)9-3-11/h2-9,17,19H,10H2,1H3,(H2,16,18,20). The molecule has 2 aromatic carbocycles. The summed E-state index contributed by atoms with van der Waals surface area (Å²) in [7, 11) is 1.57. The molecule has 0 aliphatic carbocycles. The number of benzene rings is 2. The van der Waals surface area contributed by atoms with Gasteiger partial charge in [0.1, 0.15) is 5.75 Å². The number of hydrogen-bond acceptors (Lipinski definition) is 3. The van der Waals surface area contributed by atoms with E-state index in [1.54, 1.807) is 19.2 Å². The lowest BCUT2D eigenvalue weighted by Crippen LogP contribution is -2.24. The molecule has 0 aromatic heterocycles. The Balaban J connectivity index is 1.90. The summed E-state index contributed by atoms with van der Waals surface area (Å²) in [6.45, 7) is 0.669. The summed E-state index contributed by atoms with van der Waals surface area (Å²) in [5.74, 6) is 0.262. The maximum atomic E-state index is 11.1. The third-order valence-electron chi connectivity index (χ3n) is 2.80. The molecule has 2 rings (SSSR count). The van der Waals surface area contributed by atoms with Crippen molar-refractivity contribution >= 4 is 17.4 Å². The summed E-state index contributed by atoms with van der Waals surface area (Å²) in [6.07, 6.45) is 0. The summed E-state index contributed by atoms with van der Waals surface area (Å²) in [5, 5.41) is 17.7. The van der Waals surface area contributed by atoms with Gasteiger partial charge in [0.05, 0.1) is 0 Å². The van der Waals surface area contributed by atoms with Gasteiger partial charge in [-0.15, -0.1) is 0 Å². The Hall–Kier alpha value is -2.69. The average molecular weight is 271 g/mol. The highest BCUT2D eigenvalue weighted by atomic mass is 16.3. The minimum absolute atomic E-state index is 0.241. The van der Waals surface area contributed by atoms with E-state index >= 15 is 0 Å². The van der Waals surface area contributed by atoms with Crippen LogP contribution in [-0.4, -0.2) is 18.2 Å². The number of amides is 2. The van der Waals surface area contributed by atoms with Crippen molar-refractivity contribution in [2.24, 2.45) is 0 Å². The van der Waals surface area contributed by atoms with Gasteiger partial charge in [-0.2, -0.15) is 0 Å². The third-order valence-corrected chi connectivity index (χ3v) is 2.80. The summed E-state index contributed by atoms with van der Waals surface area (Å²) < 4.78 is 0. The molecule has 0 fully saturated rings. The fourth-order valence-corrected chi connectivity index (χ4v) is 1.68. The van der Waals surface area contributed by atoms with Gasteiger partial charge in [0.15, 0.2) is 0 Å². The molecule has 5 heteroatoms. The van der Waals surface area contributed by atoms with E-state index in [9.17, 15) is 9.90 Å². The number of aromatic hydroxyl groups is 1. The number of hydrogen-bond donors (Lipinski definition) is 4. The molecule has 0 bridgehead atoms. The molecule has 0 saturated heterocycles. The SMILES string of the molecule is CNC(=O)Nc1ccc(NCc2ccc(O)cc2)cc1.